The van der Waals surface area contributed by atoms with Crippen molar-refractivity contribution in [3.05, 3.63) is 53.1 Å². The normalized spacial score (nSPS) is 15.7. The average Bonchev–Trinajstić information content (AvgIpc) is 3.13. The van der Waals surface area contributed by atoms with Crippen LogP contribution in [0, 0.1) is 5.82 Å². The second-order valence-corrected chi connectivity index (χ2v) is 5.60. The minimum absolute atomic E-state index is 0.0345. The fraction of sp³-hybridized carbons (Fsp3) is 0.375. The number of amides is 1. The van der Waals surface area contributed by atoms with E-state index < -0.39 is 0 Å². The monoisotopic (exact) mass is 287 g/mol. The third-order valence-electron chi connectivity index (χ3n) is 4.14. The van der Waals surface area contributed by atoms with E-state index in [-0.39, 0.29) is 17.1 Å². The van der Waals surface area contributed by atoms with Crippen LogP contribution in [0.2, 0.25) is 0 Å². The van der Waals surface area contributed by atoms with Gasteiger partial charge in [0.05, 0.1) is 0 Å². The number of aromatic nitrogens is 2. The second kappa shape index (κ2) is 5.31. The third-order valence-corrected chi connectivity index (χ3v) is 4.14. The zero-order chi connectivity index (χ0) is 14.9. The van der Waals surface area contributed by atoms with Gasteiger partial charge in [-0.1, -0.05) is 19.1 Å². The van der Waals surface area contributed by atoms with Gasteiger partial charge in [0, 0.05) is 17.7 Å². The number of nitrogens with zero attached hydrogens (tertiary/aromatic N) is 1. The van der Waals surface area contributed by atoms with Crippen molar-refractivity contribution in [2.24, 2.45) is 0 Å². The molecule has 1 fully saturated rings. The van der Waals surface area contributed by atoms with E-state index in [0.29, 0.717) is 12.2 Å². The SMILES string of the molecule is CCc1cc(C(=O)NCC2(c3ccc(F)cc3)CC2)n[nH]1. The van der Waals surface area contributed by atoms with Gasteiger partial charge >= 0.3 is 0 Å². The molecule has 1 amide bonds. The van der Waals surface area contributed by atoms with Gasteiger partial charge in [-0.05, 0) is 43.0 Å². The van der Waals surface area contributed by atoms with Crippen LogP contribution in [0.1, 0.15) is 41.5 Å². The van der Waals surface area contributed by atoms with Gasteiger partial charge in [-0.2, -0.15) is 5.10 Å². The van der Waals surface area contributed by atoms with Crippen LogP contribution < -0.4 is 5.32 Å². The minimum atomic E-state index is -0.234. The fourth-order valence-electron chi connectivity index (χ4n) is 2.52. The van der Waals surface area contributed by atoms with Crippen molar-refractivity contribution in [3.8, 4) is 0 Å². The highest BCUT2D eigenvalue weighted by molar-refractivity contribution is 5.92. The first-order chi connectivity index (χ1) is 10.1. The summed E-state index contributed by atoms with van der Waals surface area (Å²) in [5.74, 6) is -0.401. The molecule has 0 unspecified atom stereocenters. The summed E-state index contributed by atoms with van der Waals surface area (Å²) in [6.45, 7) is 2.56. The van der Waals surface area contributed by atoms with Gasteiger partial charge in [-0.3, -0.25) is 9.89 Å². The second-order valence-electron chi connectivity index (χ2n) is 5.60. The molecule has 110 valence electrons. The van der Waals surface area contributed by atoms with Crippen LogP contribution in [0.4, 0.5) is 4.39 Å². The van der Waals surface area contributed by atoms with Gasteiger partial charge < -0.3 is 5.32 Å². The molecule has 21 heavy (non-hydrogen) atoms. The maximum Gasteiger partial charge on any atom is 0.271 e. The van der Waals surface area contributed by atoms with Gasteiger partial charge in [0.1, 0.15) is 11.5 Å². The number of benzene rings is 1. The molecule has 0 radical (unpaired) electrons. The molecule has 1 aliphatic rings. The summed E-state index contributed by atoms with van der Waals surface area (Å²) in [5, 5.41) is 9.78. The predicted molar refractivity (Wildman–Crippen MR) is 77.6 cm³/mol. The first kappa shape index (κ1) is 13.8. The third kappa shape index (κ3) is 2.82. The molecule has 0 atom stereocenters. The first-order valence-electron chi connectivity index (χ1n) is 7.21. The predicted octanol–water partition coefficient (Wildman–Crippen LogP) is 2.57. The number of H-pyrrole nitrogens is 1. The largest absolute Gasteiger partial charge is 0.350 e. The van der Waals surface area contributed by atoms with Crippen LogP contribution in [-0.4, -0.2) is 22.6 Å². The van der Waals surface area contributed by atoms with E-state index in [2.05, 4.69) is 15.5 Å². The number of hydrogen-bond acceptors (Lipinski definition) is 2. The van der Waals surface area contributed by atoms with Crippen molar-refractivity contribution in [1.82, 2.24) is 15.5 Å². The van der Waals surface area contributed by atoms with Crippen LogP contribution in [0.25, 0.3) is 0 Å². The molecule has 3 rings (SSSR count). The molecule has 1 aromatic carbocycles. The van der Waals surface area contributed by atoms with Crippen LogP contribution in [0.3, 0.4) is 0 Å². The Morgan fingerprint density at radius 2 is 2.10 bits per heavy atom. The molecule has 1 aliphatic carbocycles. The van der Waals surface area contributed by atoms with Crippen LogP contribution in [-0.2, 0) is 11.8 Å². The Bertz CT molecular complexity index is 644. The number of halogens is 1. The van der Waals surface area contributed by atoms with Gasteiger partial charge in [0.15, 0.2) is 0 Å². The molecule has 2 aromatic rings. The van der Waals surface area contributed by atoms with Gasteiger partial charge in [0.25, 0.3) is 5.91 Å². The van der Waals surface area contributed by atoms with E-state index >= 15 is 0 Å². The number of carbonyl (C=O) groups is 1. The molecule has 0 saturated heterocycles. The van der Waals surface area contributed by atoms with Crippen LogP contribution in [0.15, 0.2) is 30.3 Å². The van der Waals surface area contributed by atoms with E-state index in [0.717, 1.165) is 30.5 Å². The zero-order valence-corrected chi connectivity index (χ0v) is 11.9. The highest BCUT2D eigenvalue weighted by atomic mass is 19.1. The number of hydrogen-bond donors (Lipinski definition) is 2. The molecule has 1 aromatic heterocycles. The lowest BCUT2D eigenvalue weighted by atomic mass is 9.96. The molecule has 0 spiro atoms. The number of aryl methyl sites for hydroxylation is 1. The van der Waals surface area contributed by atoms with Crippen molar-refractivity contribution >= 4 is 5.91 Å². The summed E-state index contributed by atoms with van der Waals surface area (Å²) in [7, 11) is 0. The zero-order valence-electron chi connectivity index (χ0n) is 11.9. The van der Waals surface area contributed by atoms with E-state index in [1.807, 2.05) is 6.92 Å². The van der Waals surface area contributed by atoms with Gasteiger partial charge in [-0.15, -0.1) is 0 Å². The molecular formula is C16H18FN3O. The number of aromatic amines is 1. The van der Waals surface area contributed by atoms with E-state index in [9.17, 15) is 9.18 Å². The maximum absolute atomic E-state index is 13.0. The molecule has 1 heterocycles. The number of carbonyl (C=O) groups excluding carboxylic acids is 1. The Labute approximate surface area is 122 Å². The van der Waals surface area contributed by atoms with Crippen molar-refractivity contribution in [3.63, 3.8) is 0 Å². The van der Waals surface area contributed by atoms with E-state index in [1.54, 1.807) is 18.2 Å². The maximum atomic E-state index is 13.0. The van der Waals surface area contributed by atoms with Crippen LogP contribution in [0.5, 0.6) is 0 Å². The minimum Gasteiger partial charge on any atom is -0.350 e. The van der Waals surface area contributed by atoms with Crippen molar-refractivity contribution in [2.75, 3.05) is 6.54 Å². The Morgan fingerprint density at radius 3 is 2.67 bits per heavy atom. The average molecular weight is 287 g/mol. The van der Waals surface area contributed by atoms with Crippen molar-refractivity contribution in [1.29, 1.82) is 0 Å². The lowest BCUT2D eigenvalue weighted by molar-refractivity contribution is 0.0944. The Kier molecular flexibility index (Phi) is 3.49. The summed E-state index contributed by atoms with van der Waals surface area (Å²) in [6, 6.07) is 8.32. The van der Waals surface area contributed by atoms with E-state index in [1.165, 1.54) is 12.1 Å². The summed E-state index contributed by atoms with van der Waals surface area (Å²) in [4.78, 5) is 12.1. The lowest BCUT2D eigenvalue weighted by Crippen LogP contribution is -2.32. The highest BCUT2D eigenvalue weighted by Crippen LogP contribution is 2.47. The fourth-order valence-corrected chi connectivity index (χ4v) is 2.52. The lowest BCUT2D eigenvalue weighted by Gasteiger charge is -2.16. The first-order valence-corrected chi connectivity index (χ1v) is 7.21. The van der Waals surface area contributed by atoms with Crippen molar-refractivity contribution in [2.45, 2.75) is 31.6 Å². The molecule has 5 heteroatoms. The smallest absolute Gasteiger partial charge is 0.271 e. The molecule has 0 bridgehead atoms. The molecule has 4 nitrogen and oxygen atoms in total. The standard InChI is InChI=1S/C16H18FN3O/c1-2-13-9-14(20-19-13)15(21)18-10-16(7-8-16)11-3-5-12(17)6-4-11/h3-6,9H,2,7-8,10H2,1H3,(H,18,21)(H,19,20). The van der Waals surface area contributed by atoms with Crippen molar-refractivity contribution < 1.29 is 9.18 Å². The summed E-state index contributed by atoms with van der Waals surface area (Å²) in [6.07, 6.45) is 2.85. The van der Waals surface area contributed by atoms with Gasteiger partial charge in [-0.25, -0.2) is 4.39 Å². The summed E-state index contributed by atoms with van der Waals surface area (Å²) >= 11 is 0. The summed E-state index contributed by atoms with van der Waals surface area (Å²) in [5.41, 5.74) is 2.41. The molecular weight excluding hydrogens is 269 g/mol. The Morgan fingerprint density at radius 1 is 1.38 bits per heavy atom. The Balaban J connectivity index is 1.64. The number of rotatable bonds is 5. The Hall–Kier alpha value is -2.17. The topological polar surface area (TPSA) is 57.8 Å². The quantitative estimate of drug-likeness (QED) is 0.888. The van der Waals surface area contributed by atoms with Gasteiger partial charge in [0.2, 0.25) is 0 Å². The summed E-state index contributed by atoms with van der Waals surface area (Å²) < 4.78 is 13.0. The van der Waals surface area contributed by atoms with Crippen LogP contribution >= 0.6 is 0 Å². The van der Waals surface area contributed by atoms with E-state index in [4.69, 9.17) is 0 Å². The highest BCUT2D eigenvalue weighted by Gasteiger charge is 2.44. The molecule has 2 N–H and O–H groups in total. The molecule has 1 saturated carbocycles. The molecule has 0 aliphatic heterocycles. The number of nitrogens with one attached hydrogen (secondary N) is 2.